The lowest BCUT2D eigenvalue weighted by atomic mass is 10.2. The second-order valence-electron chi connectivity index (χ2n) is 5.28. The van der Waals surface area contributed by atoms with Gasteiger partial charge in [0.2, 0.25) is 0 Å². The Morgan fingerprint density at radius 1 is 0.952 bits per heavy atom. The molecule has 0 spiro atoms. The van der Waals surface area contributed by atoms with E-state index >= 15 is 0 Å². The van der Waals surface area contributed by atoms with Crippen LogP contribution in [0.2, 0.25) is 0 Å². The highest BCUT2D eigenvalue weighted by Crippen LogP contribution is 2.29. The molecule has 1 aliphatic heterocycles. The summed E-state index contributed by atoms with van der Waals surface area (Å²) in [6, 6.07) is 12.3. The summed E-state index contributed by atoms with van der Waals surface area (Å²) in [5, 5.41) is 3.23. The van der Waals surface area contributed by atoms with E-state index < -0.39 is 11.6 Å². The first-order chi connectivity index (χ1) is 10.3. The van der Waals surface area contributed by atoms with Crippen molar-refractivity contribution in [2.24, 2.45) is 0 Å². The quantitative estimate of drug-likeness (QED) is 0.908. The number of nitrogens with one attached hydrogen (secondary N) is 1. The molecular formula is C17H18F2N2. The molecular weight excluding hydrogens is 270 g/mol. The Morgan fingerprint density at radius 3 is 2.52 bits per heavy atom. The maximum atomic E-state index is 13.7. The van der Waals surface area contributed by atoms with Gasteiger partial charge in [-0.15, -0.1) is 0 Å². The van der Waals surface area contributed by atoms with Crippen LogP contribution < -0.4 is 10.2 Å². The highest BCUT2D eigenvalue weighted by molar-refractivity contribution is 5.70. The normalized spacial score (nSPS) is 14.5. The van der Waals surface area contributed by atoms with Crippen molar-refractivity contribution in [1.82, 2.24) is 0 Å². The molecule has 3 rings (SSSR count). The van der Waals surface area contributed by atoms with Crippen LogP contribution in [0.4, 0.5) is 20.2 Å². The van der Waals surface area contributed by atoms with Gasteiger partial charge in [-0.1, -0.05) is 24.3 Å². The van der Waals surface area contributed by atoms with Crippen molar-refractivity contribution < 1.29 is 8.78 Å². The van der Waals surface area contributed by atoms with Crippen molar-refractivity contribution in [2.45, 2.75) is 19.4 Å². The van der Waals surface area contributed by atoms with Crippen molar-refractivity contribution in [3.05, 3.63) is 59.7 Å². The number of anilines is 2. The van der Waals surface area contributed by atoms with Crippen LogP contribution in [0.1, 0.15) is 18.4 Å². The molecule has 0 amide bonds. The molecule has 0 bridgehead atoms. The fourth-order valence-corrected chi connectivity index (χ4v) is 2.73. The molecule has 1 aliphatic rings. The van der Waals surface area contributed by atoms with Crippen molar-refractivity contribution in [2.75, 3.05) is 23.3 Å². The first-order valence-electron chi connectivity index (χ1n) is 7.26. The molecule has 0 radical (unpaired) electrons. The monoisotopic (exact) mass is 288 g/mol. The first kappa shape index (κ1) is 13.9. The lowest BCUT2D eigenvalue weighted by Gasteiger charge is -2.22. The fraction of sp³-hybridized carbons (Fsp3) is 0.294. The van der Waals surface area contributed by atoms with Crippen molar-refractivity contribution in [1.29, 1.82) is 0 Å². The zero-order chi connectivity index (χ0) is 14.7. The Kier molecular flexibility index (Phi) is 4.04. The van der Waals surface area contributed by atoms with E-state index in [1.165, 1.54) is 18.9 Å². The van der Waals surface area contributed by atoms with Gasteiger partial charge in [-0.3, -0.25) is 0 Å². The number of para-hydroxylation sites is 2. The number of benzene rings is 2. The highest BCUT2D eigenvalue weighted by Gasteiger charge is 2.15. The average molecular weight is 288 g/mol. The second-order valence-corrected chi connectivity index (χ2v) is 5.28. The second kappa shape index (κ2) is 6.12. The van der Waals surface area contributed by atoms with Gasteiger partial charge >= 0.3 is 0 Å². The molecule has 110 valence electrons. The lowest BCUT2D eigenvalue weighted by Crippen LogP contribution is -2.19. The van der Waals surface area contributed by atoms with Gasteiger partial charge in [0.15, 0.2) is 11.6 Å². The van der Waals surface area contributed by atoms with E-state index in [1.807, 2.05) is 18.2 Å². The van der Waals surface area contributed by atoms with Gasteiger partial charge in [-0.05, 0) is 31.0 Å². The summed E-state index contributed by atoms with van der Waals surface area (Å²) in [7, 11) is 0. The zero-order valence-electron chi connectivity index (χ0n) is 11.8. The molecule has 2 nitrogen and oxygen atoms in total. The van der Waals surface area contributed by atoms with Crippen molar-refractivity contribution in [3.8, 4) is 0 Å². The van der Waals surface area contributed by atoms with Crippen molar-refractivity contribution in [3.63, 3.8) is 0 Å². The molecule has 0 aliphatic carbocycles. The van der Waals surface area contributed by atoms with Crippen LogP contribution >= 0.6 is 0 Å². The van der Waals surface area contributed by atoms with E-state index in [9.17, 15) is 8.78 Å². The summed E-state index contributed by atoms with van der Waals surface area (Å²) in [5.74, 6) is -1.58. The SMILES string of the molecule is Fc1cccc(CNc2ccccc2N2CCCC2)c1F. The van der Waals surface area contributed by atoms with Crippen LogP contribution in [-0.4, -0.2) is 13.1 Å². The number of halogens is 2. The Bertz CT molecular complexity index is 622. The van der Waals surface area contributed by atoms with Gasteiger partial charge in [0.1, 0.15) is 0 Å². The lowest BCUT2D eigenvalue weighted by molar-refractivity contribution is 0.500. The molecule has 2 aromatic rings. The standard InChI is InChI=1S/C17H18F2N2/c18-14-7-5-6-13(17(14)19)12-20-15-8-1-2-9-16(15)21-10-3-4-11-21/h1-2,5-9,20H,3-4,10-12H2. The van der Waals surface area contributed by atoms with Gasteiger partial charge in [0.05, 0.1) is 11.4 Å². The van der Waals surface area contributed by atoms with E-state index in [4.69, 9.17) is 0 Å². The molecule has 1 fully saturated rings. The zero-order valence-corrected chi connectivity index (χ0v) is 11.8. The summed E-state index contributed by atoms with van der Waals surface area (Å²) >= 11 is 0. The minimum Gasteiger partial charge on any atom is -0.379 e. The van der Waals surface area contributed by atoms with Gasteiger partial charge in [0.25, 0.3) is 0 Å². The van der Waals surface area contributed by atoms with E-state index in [2.05, 4.69) is 16.3 Å². The molecule has 4 heteroatoms. The van der Waals surface area contributed by atoms with Gasteiger partial charge in [-0.25, -0.2) is 8.78 Å². The number of nitrogens with zero attached hydrogens (tertiary/aromatic N) is 1. The van der Waals surface area contributed by atoms with E-state index in [1.54, 1.807) is 6.07 Å². The predicted molar refractivity (Wildman–Crippen MR) is 81.6 cm³/mol. The maximum Gasteiger partial charge on any atom is 0.163 e. The predicted octanol–water partition coefficient (Wildman–Crippen LogP) is 4.18. The molecule has 1 N–H and O–H groups in total. The molecule has 0 atom stereocenters. The summed E-state index contributed by atoms with van der Waals surface area (Å²) in [4.78, 5) is 2.32. The summed E-state index contributed by atoms with van der Waals surface area (Å²) in [6.07, 6.45) is 2.40. The van der Waals surface area contributed by atoms with E-state index in [0.717, 1.165) is 30.5 Å². The first-order valence-corrected chi connectivity index (χ1v) is 7.26. The molecule has 0 unspecified atom stereocenters. The average Bonchev–Trinajstić information content (AvgIpc) is 3.03. The molecule has 21 heavy (non-hydrogen) atoms. The maximum absolute atomic E-state index is 13.7. The largest absolute Gasteiger partial charge is 0.379 e. The van der Waals surface area contributed by atoms with E-state index in [-0.39, 0.29) is 6.54 Å². The molecule has 1 heterocycles. The minimum atomic E-state index is -0.804. The van der Waals surface area contributed by atoms with Crippen LogP contribution in [-0.2, 0) is 6.54 Å². The fourth-order valence-electron chi connectivity index (χ4n) is 2.73. The minimum absolute atomic E-state index is 0.272. The van der Waals surface area contributed by atoms with Crippen LogP contribution in [0.5, 0.6) is 0 Å². The van der Waals surface area contributed by atoms with Crippen LogP contribution in [0.25, 0.3) is 0 Å². The third-order valence-electron chi connectivity index (χ3n) is 3.85. The number of hydrogen-bond donors (Lipinski definition) is 1. The summed E-state index contributed by atoms with van der Waals surface area (Å²) in [5.41, 5.74) is 2.43. The number of hydrogen-bond acceptors (Lipinski definition) is 2. The Hall–Kier alpha value is -2.10. The van der Waals surface area contributed by atoms with Crippen molar-refractivity contribution >= 4 is 11.4 Å². The topological polar surface area (TPSA) is 15.3 Å². The Labute approximate surface area is 123 Å². The molecule has 2 aromatic carbocycles. The Balaban J connectivity index is 1.77. The summed E-state index contributed by atoms with van der Waals surface area (Å²) < 4.78 is 26.9. The Morgan fingerprint density at radius 2 is 1.71 bits per heavy atom. The third-order valence-corrected chi connectivity index (χ3v) is 3.85. The smallest absolute Gasteiger partial charge is 0.163 e. The molecule has 1 saturated heterocycles. The van der Waals surface area contributed by atoms with Gasteiger partial charge < -0.3 is 10.2 Å². The number of rotatable bonds is 4. The summed E-state index contributed by atoms with van der Waals surface area (Å²) in [6.45, 7) is 2.37. The third kappa shape index (κ3) is 2.99. The van der Waals surface area contributed by atoms with Crippen LogP contribution in [0.3, 0.4) is 0 Å². The van der Waals surface area contributed by atoms with E-state index in [0.29, 0.717) is 5.56 Å². The highest BCUT2D eigenvalue weighted by atomic mass is 19.2. The van der Waals surface area contributed by atoms with Crippen LogP contribution in [0.15, 0.2) is 42.5 Å². The van der Waals surface area contributed by atoms with Crippen LogP contribution in [0, 0.1) is 11.6 Å². The van der Waals surface area contributed by atoms with Gasteiger partial charge in [-0.2, -0.15) is 0 Å². The molecule has 0 aromatic heterocycles. The molecule has 0 saturated carbocycles. The van der Waals surface area contributed by atoms with Gasteiger partial charge in [0, 0.05) is 25.2 Å².